The largest absolute Gasteiger partial charge is 0.391 e. The monoisotopic (exact) mass is 169 g/mol. The molecule has 0 amide bonds. The fourth-order valence-electron chi connectivity index (χ4n) is 1.14. The number of carbonyl (C=O) groups excluding carboxylic acids is 1. The molecule has 1 rings (SSSR count). The van der Waals surface area contributed by atoms with Crippen LogP contribution in [0, 0.1) is 5.92 Å². The van der Waals surface area contributed by atoms with Gasteiger partial charge in [0.2, 0.25) is 0 Å². The second-order valence-electron chi connectivity index (χ2n) is 3.08. The highest BCUT2D eigenvalue weighted by molar-refractivity contribution is 5.44. The lowest BCUT2D eigenvalue weighted by molar-refractivity contribution is -0.106. The average Bonchev–Trinajstić information content (AvgIpc) is 1.98. The standard InChI is InChI=1S/C8H15N.C2H4O/c1-8-4-2-6-9-7-3-5-8;1-2-3/h2,6,8-9H,3-5,7H2,1H3;2H,1H3/b6-2-;. The molecular formula is C10H19NO. The molecule has 1 unspecified atom stereocenters. The number of hydrogen-bond donors (Lipinski definition) is 1. The van der Waals surface area contributed by atoms with E-state index in [9.17, 15) is 0 Å². The van der Waals surface area contributed by atoms with Gasteiger partial charge in [0.25, 0.3) is 0 Å². The first kappa shape index (κ1) is 11.2. The van der Waals surface area contributed by atoms with Crippen LogP contribution in [0.2, 0.25) is 0 Å². The highest BCUT2D eigenvalue weighted by Gasteiger charge is 1.99. The van der Waals surface area contributed by atoms with Crippen LogP contribution >= 0.6 is 0 Å². The summed E-state index contributed by atoms with van der Waals surface area (Å²) in [5.74, 6) is 0.892. The molecule has 1 atom stereocenters. The zero-order valence-electron chi connectivity index (χ0n) is 8.05. The summed E-state index contributed by atoms with van der Waals surface area (Å²) in [6.45, 7) is 4.91. The number of allylic oxidation sites excluding steroid dienone is 1. The molecule has 0 bridgehead atoms. The summed E-state index contributed by atoms with van der Waals surface area (Å²) in [6, 6.07) is 0. The second kappa shape index (κ2) is 8.31. The van der Waals surface area contributed by atoms with E-state index >= 15 is 0 Å². The van der Waals surface area contributed by atoms with Gasteiger partial charge in [-0.25, -0.2) is 0 Å². The Balaban J connectivity index is 0.000000354. The number of carbonyl (C=O) groups is 1. The lowest BCUT2D eigenvalue weighted by Crippen LogP contribution is -2.10. The van der Waals surface area contributed by atoms with Crippen molar-refractivity contribution >= 4 is 6.29 Å². The molecule has 0 saturated carbocycles. The van der Waals surface area contributed by atoms with Crippen molar-refractivity contribution in [1.29, 1.82) is 0 Å². The van der Waals surface area contributed by atoms with Crippen LogP contribution in [0.1, 0.15) is 33.1 Å². The molecule has 12 heavy (non-hydrogen) atoms. The molecule has 2 heteroatoms. The molecule has 1 aliphatic rings. The number of hydrogen-bond acceptors (Lipinski definition) is 2. The molecule has 1 heterocycles. The quantitative estimate of drug-likeness (QED) is 0.563. The van der Waals surface area contributed by atoms with Crippen LogP contribution in [0.15, 0.2) is 12.3 Å². The Hall–Kier alpha value is -0.790. The Bertz CT molecular complexity index is 132. The van der Waals surface area contributed by atoms with Crippen LogP contribution in [0.4, 0.5) is 0 Å². The Labute approximate surface area is 75.0 Å². The van der Waals surface area contributed by atoms with Crippen LogP contribution in [0.5, 0.6) is 0 Å². The number of nitrogens with one attached hydrogen (secondary N) is 1. The minimum atomic E-state index is 0.750. The van der Waals surface area contributed by atoms with Gasteiger partial charge in [-0.2, -0.15) is 0 Å². The molecule has 0 fully saturated rings. The highest BCUT2D eigenvalue weighted by atomic mass is 16.1. The predicted molar refractivity (Wildman–Crippen MR) is 51.9 cm³/mol. The third-order valence-electron chi connectivity index (χ3n) is 1.79. The first-order valence-electron chi connectivity index (χ1n) is 4.59. The predicted octanol–water partition coefficient (Wildman–Crippen LogP) is 2.11. The lowest BCUT2D eigenvalue weighted by atomic mass is 10.0. The molecule has 70 valence electrons. The normalized spacial score (nSPS) is 25.0. The fraction of sp³-hybridized carbons (Fsp3) is 0.700. The van der Waals surface area contributed by atoms with Crippen molar-refractivity contribution in [2.45, 2.75) is 33.1 Å². The molecule has 0 radical (unpaired) electrons. The van der Waals surface area contributed by atoms with E-state index in [-0.39, 0.29) is 0 Å². The molecule has 0 saturated heterocycles. The van der Waals surface area contributed by atoms with E-state index in [1.54, 1.807) is 0 Å². The molecule has 2 nitrogen and oxygen atoms in total. The van der Waals surface area contributed by atoms with Crippen LogP contribution in [-0.2, 0) is 4.79 Å². The van der Waals surface area contributed by atoms with Gasteiger partial charge in [0.05, 0.1) is 0 Å². The molecule has 1 N–H and O–H groups in total. The molecule has 0 aliphatic carbocycles. The van der Waals surface area contributed by atoms with Gasteiger partial charge in [-0.1, -0.05) is 13.0 Å². The smallest absolute Gasteiger partial charge is 0.116 e. The summed E-state index contributed by atoms with van der Waals surface area (Å²) in [5, 5.41) is 3.23. The second-order valence-corrected chi connectivity index (χ2v) is 3.08. The van der Waals surface area contributed by atoms with Gasteiger partial charge in [0, 0.05) is 6.54 Å². The first-order chi connectivity index (χ1) is 5.81. The molecule has 0 aromatic rings. The molecule has 0 spiro atoms. The fourth-order valence-corrected chi connectivity index (χ4v) is 1.14. The number of rotatable bonds is 0. The van der Waals surface area contributed by atoms with E-state index in [1.807, 2.05) is 0 Å². The molecule has 0 aromatic carbocycles. The van der Waals surface area contributed by atoms with E-state index in [0.29, 0.717) is 0 Å². The van der Waals surface area contributed by atoms with Crippen LogP contribution in [0.3, 0.4) is 0 Å². The summed E-state index contributed by atoms with van der Waals surface area (Å²) in [5.41, 5.74) is 0. The molecular weight excluding hydrogens is 150 g/mol. The van der Waals surface area contributed by atoms with E-state index in [1.165, 1.54) is 26.2 Å². The summed E-state index contributed by atoms with van der Waals surface area (Å²) in [4.78, 5) is 8.81. The zero-order chi connectivity index (χ0) is 9.23. The van der Waals surface area contributed by atoms with Gasteiger partial charge in [0.1, 0.15) is 6.29 Å². The van der Waals surface area contributed by atoms with Gasteiger partial charge >= 0.3 is 0 Å². The van der Waals surface area contributed by atoms with Crippen molar-refractivity contribution in [1.82, 2.24) is 5.32 Å². The molecule has 1 aliphatic heterocycles. The topological polar surface area (TPSA) is 29.1 Å². The van der Waals surface area contributed by atoms with Crippen LogP contribution < -0.4 is 5.32 Å². The van der Waals surface area contributed by atoms with E-state index in [0.717, 1.165) is 18.7 Å². The zero-order valence-corrected chi connectivity index (χ0v) is 8.05. The Kier molecular flexibility index (Phi) is 7.76. The summed E-state index contributed by atoms with van der Waals surface area (Å²) in [6.07, 6.45) is 9.00. The summed E-state index contributed by atoms with van der Waals surface area (Å²) < 4.78 is 0. The third kappa shape index (κ3) is 7.32. The van der Waals surface area contributed by atoms with Gasteiger partial charge in [0.15, 0.2) is 0 Å². The average molecular weight is 169 g/mol. The maximum Gasteiger partial charge on any atom is 0.116 e. The Morgan fingerprint density at radius 2 is 2.25 bits per heavy atom. The van der Waals surface area contributed by atoms with Crippen molar-refractivity contribution in [3.8, 4) is 0 Å². The van der Waals surface area contributed by atoms with Crippen LogP contribution in [-0.4, -0.2) is 12.8 Å². The minimum absolute atomic E-state index is 0.750. The maximum absolute atomic E-state index is 8.81. The van der Waals surface area contributed by atoms with Crippen molar-refractivity contribution in [2.24, 2.45) is 5.92 Å². The van der Waals surface area contributed by atoms with Gasteiger partial charge in [-0.3, -0.25) is 0 Å². The van der Waals surface area contributed by atoms with Crippen molar-refractivity contribution in [2.75, 3.05) is 6.54 Å². The van der Waals surface area contributed by atoms with Gasteiger partial charge in [-0.15, -0.1) is 0 Å². The van der Waals surface area contributed by atoms with Gasteiger partial charge in [-0.05, 0) is 38.3 Å². The van der Waals surface area contributed by atoms with E-state index in [2.05, 4.69) is 24.5 Å². The Morgan fingerprint density at radius 3 is 2.92 bits per heavy atom. The SMILES string of the molecule is CC1C/C=C\NCCC1.CC=O. The van der Waals surface area contributed by atoms with Crippen molar-refractivity contribution in [3.05, 3.63) is 12.3 Å². The van der Waals surface area contributed by atoms with Crippen molar-refractivity contribution < 1.29 is 4.79 Å². The minimum Gasteiger partial charge on any atom is -0.391 e. The summed E-state index contributed by atoms with van der Waals surface area (Å²) >= 11 is 0. The van der Waals surface area contributed by atoms with Gasteiger partial charge < -0.3 is 10.1 Å². The third-order valence-corrected chi connectivity index (χ3v) is 1.79. The van der Waals surface area contributed by atoms with Crippen LogP contribution in [0.25, 0.3) is 0 Å². The van der Waals surface area contributed by atoms with E-state index < -0.39 is 0 Å². The summed E-state index contributed by atoms with van der Waals surface area (Å²) in [7, 11) is 0. The lowest BCUT2D eigenvalue weighted by Gasteiger charge is -2.11. The van der Waals surface area contributed by atoms with Crippen molar-refractivity contribution in [3.63, 3.8) is 0 Å². The highest BCUT2D eigenvalue weighted by Crippen LogP contribution is 2.11. The number of aldehydes is 1. The van der Waals surface area contributed by atoms with E-state index in [4.69, 9.17) is 4.79 Å². The Morgan fingerprint density at radius 1 is 1.58 bits per heavy atom. The molecule has 0 aromatic heterocycles. The maximum atomic E-state index is 8.81. The first-order valence-corrected chi connectivity index (χ1v) is 4.59.